The molecule has 17 heavy (non-hydrogen) atoms. The van der Waals surface area contributed by atoms with Crippen LogP contribution in [0.4, 0.5) is 0 Å². The standard InChI is InChI=1S/C10H12N4O3/c15-7(16)3-1-2-4-14-6-13-8-9(14)11-5-12-10(8)17/h5-6H,1-4H2,(H,15,16)(H,11,12,17). The van der Waals surface area contributed by atoms with Crippen LogP contribution in [0.1, 0.15) is 19.3 Å². The average molecular weight is 236 g/mol. The molecule has 2 aromatic heterocycles. The molecule has 90 valence electrons. The topological polar surface area (TPSA) is 101 Å². The summed E-state index contributed by atoms with van der Waals surface area (Å²) >= 11 is 0. The van der Waals surface area contributed by atoms with Crippen molar-refractivity contribution in [1.29, 1.82) is 0 Å². The molecule has 0 radical (unpaired) electrons. The van der Waals surface area contributed by atoms with Crippen molar-refractivity contribution in [2.24, 2.45) is 0 Å². The van der Waals surface area contributed by atoms with Crippen LogP contribution < -0.4 is 5.56 Å². The quantitative estimate of drug-likeness (QED) is 0.730. The number of carboxylic acid groups (broad SMARTS) is 1. The molecule has 0 aliphatic carbocycles. The fourth-order valence-corrected chi connectivity index (χ4v) is 1.61. The van der Waals surface area contributed by atoms with E-state index in [-0.39, 0.29) is 12.0 Å². The molecule has 0 atom stereocenters. The Labute approximate surface area is 96.1 Å². The van der Waals surface area contributed by atoms with E-state index in [1.54, 1.807) is 10.9 Å². The molecule has 2 rings (SSSR count). The highest BCUT2D eigenvalue weighted by Crippen LogP contribution is 2.06. The van der Waals surface area contributed by atoms with E-state index >= 15 is 0 Å². The Hall–Kier alpha value is -2.18. The van der Waals surface area contributed by atoms with Crippen molar-refractivity contribution in [2.45, 2.75) is 25.8 Å². The van der Waals surface area contributed by atoms with Crippen LogP contribution in [-0.2, 0) is 11.3 Å². The minimum atomic E-state index is -0.796. The van der Waals surface area contributed by atoms with Crippen LogP contribution in [0, 0.1) is 0 Å². The molecule has 2 N–H and O–H groups in total. The number of aliphatic carboxylic acids is 1. The number of aromatic amines is 1. The second-order valence-electron chi connectivity index (χ2n) is 3.69. The van der Waals surface area contributed by atoms with Gasteiger partial charge in [-0.3, -0.25) is 9.59 Å². The van der Waals surface area contributed by atoms with E-state index in [9.17, 15) is 9.59 Å². The number of fused-ring (bicyclic) bond motifs is 1. The SMILES string of the molecule is O=C(O)CCCCn1cnc2c(=O)[nH]cnc21. The van der Waals surface area contributed by atoms with Gasteiger partial charge in [0.25, 0.3) is 5.56 Å². The molecule has 0 aromatic carbocycles. The molecule has 0 aliphatic rings. The normalized spacial score (nSPS) is 10.8. The van der Waals surface area contributed by atoms with Gasteiger partial charge in [0.05, 0.1) is 12.7 Å². The highest BCUT2D eigenvalue weighted by Gasteiger charge is 2.06. The molecule has 0 spiro atoms. The first-order valence-corrected chi connectivity index (χ1v) is 5.29. The predicted molar refractivity (Wildman–Crippen MR) is 59.6 cm³/mol. The maximum Gasteiger partial charge on any atom is 0.303 e. The molecule has 0 amide bonds. The maximum absolute atomic E-state index is 11.4. The summed E-state index contributed by atoms with van der Waals surface area (Å²) < 4.78 is 1.76. The Morgan fingerprint density at radius 3 is 3.00 bits per heavy atom. The third-order valence-electron chi connectivity index (χ3n) is 2.45. The number of carboxylic acids is 1. The van der Waals surface area contributed by atoms with Gasteiger partial charge in [-0.1, -0.05) is 0 Å². The van der Waals surface area contributed by atoms with Crippen LogP contribution in [0.25, 0.3) is 11.2 Å². The summed E-state index contributed by atoms with van der Waals surface area (Å²) in [5.41, 5.74) is 0.578. The molecule has 7 heteroatoms. The van der Waals surface area contributed by atoms with Gasteiger partial charge in [0.1, 0.15) is 0 Å². The Kier molecular flexibility index (Phi) is 3.17. The lowest BCUT2D eigenvalue weighted by atomic mass is 10.2. The van der Waals surface area contributed by atoms with Crippen LogP contribution >= 0.6 is 0 Å². The lowest BCUT2D eigenvalue weighted by molar-refractivity contribution is -0.137. The van der Waals surface area contributed by atoms with Gasteiger partial charge < -0.3 is 14.7 Å². The van der Waals surface area contributed by atoms with Gasteiger partial charge in [0.15, 0.2) is 11.2 Å². The largest absolute Gasteiger partial charge is 0.481 e. The van der Waals surface area contributed by atoms with E-state index < -0.39 is 5.97 Å². The van der Waals surface area contributed by atoms with Crippen molar-refractivity contribution >= 4 is 17.1 Å². The second-order valence-corrected chi connectivity index (χ2v) is 3.69. The molecule has 2 heterocycles. The number of imidazole rings is 1. The van der Waals surface area contributed by atoms with Gasteiger partial charge in [0.2, 0.25) is 0 Å². The molecule has 0 aliphatic heterocycles. The number of nitrogens with zero attached hydrogens (tertiary/aromatic N) is 3. The van der Waals surface area contributed by atoms with Gasteiger partial charge in [-0.2, -0.15) is 0 Å². The minimum absolute atomic E-state index is 0.153. The van der Waals surface area contributed by atoms with Crippen molar-refractivity contribution < 1.29 is 9.90 Å². The predicted octanol–water partition coefficient (Wildman–Crippen LogP) is 0.374. The highest BCUT2D eigenvalue weighted by molar-refractivity contribution is 5.68. The van der Waals surface area contributed by atoms with Crippen molar-refractivity contribution in [3.05, 3.63) is 23.0 Å². The van der Waals surface area contributed by atoms with Crippen molar-refractivity contribution in [3.63, 3.8) is 0 Å². The smallest absolute Gasteiger partial charge is 0.303 e. The number of hydrogen-bond donors (Lipinski definition) is 2. The second kappa shape index (κ2) is 4.77. The zero-order chi connectivity index (χ0) is 12.3. The maximum atomic E-state index is 11.4. The summed E-state index contributed by atoms with van der Waals surface area (Å²) in [6.07, 6.45) is 4.35. The van der Waals surface area contributed by atoms with E-state index in [1.807, 2.05) is 0 Å². The average Bonchev–Trinajstić information content (AvgIpc) is 2.69. The summed E-state index contributed by atoms with van der Waals surface area (Å²) in [5.74, 6) is -0.796. The summed E-state index contributed by atoms with van der Waals surface area (Å²) in [7, 11) is 0. The summed E-state index contributed by atoms with van der Waals surface area (Å²) in [5, 5.41) is 8.50. The Balaban J connectivity index is 2.07. The number of carbonyl (C=O) groups is 1. The number of rotatable bonds is 5. The molecule has 2 aromatic rings. The molecule has 7 nitrogen and oxygen atoms in total. The van der Waals surface area contributed by atoms with Crippen molar-refractivity contribution in [3.8, 4) is 0 Å². The zero-order valence-electron chi connectivity index (χ0n) is 9.09. The Morgan fingerprint density at radius 2 is 2.24 bits per heavy atom. The lowest BCUT2D eigenvalue weighted by Gasteiger charge is -2.01. The van der Waals surface area contributed by atoms with Crippen LogP contribution in [0.15, 0.2) is 17.4 Å². The molecule has 0 unspecified atom stereocenters. The monoisotopic (exact) mass is 236 g/mol. The lowest BCUT2D eigenvalue weighted by Crippen LogP contribution is -2.07. The zero-order valence-corrected chi connectivity index (χ0v) is 9.09. The Morgan fingerprint density at radius 1 is 1.41 bits per heavy atom. The molecular weight excluding hydrogens is 224 g/mol. The summed E-state index contributed by atoms with van der Waals surface area (Å²) in [6, 6.07) is 0. The van der Waals surface area contributed by atoms with Crippen molar-refractivity contribution in [2.75, 3.05) is 0 Å². The highest BCUT2D eigenvalue weighted by atomic mass is 16.4. The summed E-state index contributed by atoms with van der Waals surface area (Å²) in [4.78, 5) is 32.2. The number of aromatic nitrogens is 4. The first-order valence-electron chi connectivity index (χ1n) is 5.29. The molecule has 0 saturated carbocycles. The van der Waals surface area contributed by atoms with E-state index in [4.69, 9.17) is 5.11 Å². The molecular formula is C10H12N4O3. The van der Waals surface area contributed by atoms with Crippen LogP contribution in [0.3, 0.4) is 0 Å². The number of hydrogen-bond acceptors (Lipinski definition) is 4. The van der Waals surface area contributed by atoms with Gasteiger partial charge in [-0.25, -0.2) is 9.97 Å². The fourth-order valence-electron chi connectivity index (χ4n) is 1.61. The molecule has 0 saturated heterocycles. The summed E-state index contributed by atoms with van der Waals surface area (Å²) in [6.45, 7) is 0.611. The number of nitrogens with one attached hydrogen (secondary N) is 1. The van der Waals surface area contributed by atoms with Crippen molar-refractivity contribution in [1.82, 2.24) is 19.5 Å². The third kappa shape index (κ3) is 2.49. The number of aryl methyl sites for hydroxylation is 1. The first kappa shape index (κ1) is 11.3. The number of unbranched alkanes of at least 4 members (excludes halogenated alkanes) is 1. The molecule has 0 fully saturated rings. The Bertz CT molecular complexity index is 586. The number of H-pyrrole nitrogens is 1. The van der Waals surface area contributed by atoms with Crippen LogP contribution in [0.5, 0.6) is 0 Å². The van der Waals surface area contributed by atoms with E-state index in [0.717, 1.165) is 0 Å². The van der Waals surface area contributed by atoms with Gasteiger partial charge in [-0.15, -0.1) is 0 Å². The third-order valence-corrected chi connectivity index (χ3v) is 2.45. The molecule has 0 bridgehead atoms. The van der Waals surface area contributed by atoms with E-state index in [0.29, 0.717) is 30.6 Å². The van der Waals surface area contributed by atoms with Gasteiger partial charge in [0, 0.05) is 13.0 Å². The van der Waals surface area contributed by atoms with Crippen LogP contribution in [-0.4, -0.2) is 30.6 Å². The van der Waals surface area contributed by atoms with E-state index in [1.165, 1.54) is 6.33 Å². The fraction of sp³-hybridized carbons (Fsp3) is 0.400. The van der Waals surface area contributed by atoms with Gasteiger partial charge >= 0.3 is 5.97 Å². The van der Waals surface area contributed by atoms with Gasteiger partial charge in [-0.05, 0) is 12.8 Å². The van der Waals surface area contributed by atoms with E-state index in [2.05, 4.69) is 15.0 Å². The first-order chi connectivity index (χ1) is 8.18. The minimum Gasteiger partial charge on any atom is -0.481 e. The van der Waals surface area contributed by atoms with Crippen LogP contribution in [0.2, 0.25) is 0 Å².